The Balaban J connectivity index is -0.000000197. The van der Waals surface area contributed by atoms with Crippen LogP contribution in [0, 0.1) is 22.7 Å². The van der Waals surface area contributed by atoms with Crippen molar-refractivity contribution in [2.45, 2.75) is 249 Å². The van der Waals surface area contributed by atoms with Crippen molar-refractivity contribution in [2.24, 2.45) is 22.7 Å². The first-order valence-corrected chi connectivity index (χ1v) is 35.6. The number of halogens is 2. The van der Waals surface area contributed by atoms with Gasteiger partial charge in [0, 0.05) is 46.6 Å². The summed E-state index contributed by atoms with van der Waals surface area (Å²) in [6.45, 7) is 42.1. The molecule has 584 valence electrons. The topological polar surface area (TPSA) is 266 Å². The molecule has 0 aliphatic carbocycles. The summed E-state index contributed by atoms with van der Waals surface area (Å²) in [7, 11) is 15.3. The number of carbonyl (C=O) groups is 9. The maximum Gasteiger partial charge on any atom is 0.349 e. The quantitative estimate of drug-likeness (QED) is 0.0369. The van der Waals surface area contributed by atoms with Gasteiger partial charge in [-0.2, -0.15) is 0 Å². The SMILES string of the molecule is CCC(C)(C(=O)NC)c1ccccc1.CCC(C)(C(=O)OC)c1ccccc1.CCC(C)(C)C(=O)NC.CCC(C)(C)C(=O)OC.CCC(C)(Cl)C(=O)NC.CCC(C)(Cl)C(=O)OC.CCC(C)(Oc1ccccc1)C(=O)OC.CCC(C)C(=O)NC.CCC(C)C(=O)OC.CCC(C)OC. The highest BCUT2D eigenvalue weighted by Gasteiger charge is 2.36. The van der Waals surface area contributed by atoms with E-state index in [2.05, 4.69) is 49.3 Å². The van der Waals surface area contributed by atoms with Crippen molar-refractivity contribution in [3.05, 3.63) is 102 Å². The Morgan fingerprint density at radius 2 is 0.743 bits per heavy atom. The van der Waals surface area contributed by atoms with Gasteiger partial charge in [-0.05, 0) is 143 Å². The number of methoxy groups -OCH3 is 6. The van der Waals surface area contributed by atoms with Crippen LogP contribution < -0.4 is 26.0 Å². The van der Waals surface area contributed by atoms with Crippen LogP contribution in [0.5, 0.6) is 5.75 Å². The summed E-state index contributed by atoms with van der Waals surface area (Å²) in [6.07, 6.45) is 8.35. The molecule has 20 nitrogen and oxygen atoms in total. The third-order valence-corrected chi connectivity index (χ3v) is 18.3. The third-order valence-electron chi connectivity index (χ3n) is 17.5. The van der Waals surface area contributed by atoms with Gasteiger partial charge in [0.05, 0.1) is 63.8 Å². The fourth-order valence-corrected chi connectivity index (χ4v) is 7.13. The van der Waals surface area contributed by atoms with Crippen LogP contribution in [0.3, 0.4) is 0 Å². The van der Waals surface area contributed by atoms with Gasteiger partial charge >= 0.3 is 29.8 Å². The zero-order chi connectivity index (χ0) is 80.6. The van der Waals surface area contributed by atoms with Gasteiger partial charge in [0.25, 0.3) is 0 Å². The van der Waals surface area contributed by atoms with Gasteiger partial charge < -0.3 is 54.4 Å². The monoisotopic (exact) mass is 1470 g/mol. The number of para-hydroxylation sites is 1. The fraction of sp³-hybridized carbons (Fsp3) is 0.658. The highest BCUT2D eigenvalue weighted by Crippen LogP contribution is 2.30. The molecular weight excluding hydrogens is 1330 g/mol. The lowest BCUT2D eigenvalue weighted by Gasteiger charge is -2.26. The third kappa shape index (κ3) is 45.1. The van der Waals surface area contributed by atoms with Crippen molar-refractivity contribution < 1.29 is 76.3 Å². The average Bonchev–Trinajstić information content (AvgIpc) is 0.835. The predicted octanol–water partition coefficient (Wildman–Crippen LogP) is 15.9. The van der Waals surface area contributed by atoms with Crippen molar-refractivity contribution >= 4 is 76.7 Å². The van der Waals surface area contributed by atoms with Crippen molar-refractivity contribution in [2.75, 3.05) is 70.8 Å². The summed E-state index contributed by atoms with van der Waals surface area (Å²) in [6, 6.07) is 28.9. The zero-order valence-corrected chi connectivity index (χ0v) is 69.8. The molecule has 4 amide bonds. The molecule has 101 heavy (non-hydrogen) atoms. The number of carbonyl (C=O) groups excluding carboxylic acids is 9. The number of benzene rings is 3. The van der Waals surface area contributed by atoms with Crippen LogP contribution >= 0.6 is 23.2 Å². The molecule has 3 aromatic rings. The molecule has 22 heteroatoms. The first-order valence-electron chi connectivity index (χ1n) is 34.9. The highest BCUT2D eigenvalue weighted by atomic mass is 35.5. The van der Waals surface area contributed by atoms with Crippen LogP contribution in [0.25, 0.3) is 0 Å². The van der Waals surface area contributed by atoms with E-state index in [0.717, 1.165) is 56.1 Å². The van der Waals surface area contributed by atoms with Gasteiger partial charge in [0.2, 0.25) is 29.2 Å². The van der Waals surface area contributed by atoms with E-state index in [-0.39, 0.29) is 76.1 Å². The molecule has 0 aliphatic heterocycles. The molecule has 0 bridgehead atoms. The lowest BCUT2D eigenvalue weighted by atomic mass is 9.79. The minimum absolute atomic E-state index is 0.0556. The molecule has 3 rings (SSSR count). The molecule has 0 spiro atoms. The maximum absolute atomic E-state index is 11.8. The van der Waals surface area contributed by atoms with Crippen LogP contribution in [0.15, 0.2) is 91.0 Å². The second-order valence-corrected chi connectivity index (χ2v) is 27.3. The second-order valence-electron chi connectivity index (χ2n) is 25.6. The predicted molar refractivity (Wildman–Crippen MR) is 413 cm³/mol. The van der Waals surface area contributed by atoms with Crippen molar-refractivity contribution in [1.29, 1.82) is 0 Å². The van der Waals surface area contributed by atoms with E-state index >= 15 is 0 Å². The van der Waals surface area contributed by atoms with Crippen LogP contribution in [0.1, 0.15) is 228 Å². The fourth-order valence-electron chi connectivity index (χ4n) is 6.96. The number of rotatable bonds is 24. The minimum atomic E-state index is -0.907. The standard InChI is InChI=1S/C12H17NO.C12H16O3.C12H16O2.C7H15NO.C7H14O2.C6H12ClNO.C6H11ClO2.C6H13NO.C6H12O2.C5H12O/c1-4-12(2,11(14)13-3)10-8-6-5-7-9-10;1-4-12(2,11(13)14-3)15-10-8-6-5-7-9-10;1-4-12(2,11(13)14-3)10-8-6-5-7-9-10;1-5-7(2,3)6(9)8-4;1-5-7(2,3)6(8)9-4;1-4-6(2,7)5(9)8-3;1-4-6(2,7)5(8)9-3;1-4-5(2)6(8)7-3;1-4-5(2)6(7)8-3;1-4-5(2)6-3/h5-9H,4H2,1-3H3,(H,13,14);5-9H,4H2,1-3H3;5-9H,4H2,1-3H3;5H2,1-4H3,(H,8,9);5H2,1-4H3;4H2,1-3H3,(H,8,9);4H2,1-3H3;5H,4H2,1-3H3,(H,7,8);5H,4H2,1-3H3;5H,4H2,1-3H3. The van der Waals surface area contributed by atoms with Gasteiger partial charge in [0.1, 0.15) is 15.5 Å². The summed E-state index contributed by atoms with van der Waals surface area (Å²) in [4.78, 5) is 97.8. The average molecular weight is 1470 g/mol. The van der Waals surface area contributed by atoms with Gasteiger partial charge in [-0.3, -0.25) is 38.4 Å². The van der Waals surface area contributed by atoms with Gasteiger partial charge in [-0.15, -0.1) is 23.2 Å². The molecule has 0 saturated heterocycles. The van der Waals surface area contributed by atoms with Gasteiger partial charge in [-0.25, -0.2) is 4.79 Å². The largest absolute Gasteiger partial charge is 0.476 e. The number of amides is 4. The summed E-state index contributed by atoms with van der Waals surface area (Å²) in [5.41, 5.74) is -0.262. The molecule has 0 fully saturated rings. The molecule has 8 unspecified atom stereocenters. The van der Waals surface area contributed by atoms with Crippen LogP contribution in [-0.2, 0) is 82.4 Å². The number of esters is 5. The molecule has 0 heterocycles. The van der Waals surface area contributed by atoms with E-state index in [1.165, 1.54) is 35.5 Å². The van der Waals surface area contributed by atoms with Crippen molar-refractivity contribution in [1.82, 2.24) is 21.3 Å². The Kier molecular flexibility index (Phi) is 62.6. The van der Waals surface area contributed by atoms with Crippen molar-refractivity contribution in [3.63, 3.8) is 0 Å². The van der Waals surface area contributed by atoms with E-state index in [1.807, 2.05) is 209 Å². The number of nitrogens with one attached hydrogen (secondary N) is 4. The van der Waals surface area contributed by atoms with E-state index in [1.54, 1.807) is 56.1 Å². The van der Waals surface area contributed by atoms with Crippen LogP contribution in [0.2, 0.25) is 0 Å². The Hall–Kier alpha value is -6.77. The smallest absolute Gasteiger partial charge is 0.349 e. The molecule has 4 N–H and O–H groups in total. The second kappa shape index (κ2) is 58.7. The lowest BCUT2D eigenvalue weighted by Crippen LogP contribution is -2.41. The number of hydrogen-bond acceptors (Lipinski definition) is 16. The van der Waals surface area contributed by atoms with Gasteiger partial charge in [-0.1, -0.05) is 176 Å². The Morgan fingerprint density at radius 1 is 0.376 bits per heavy atom. The lowest BCUT2D eigenvalue weighted by molar-refractivity contribution is -0.158. The van der Waals surface area contributed by atoms with E-state index in [0.29, 0.717) is 31.1 Å². The summed E-state index contributed by atoms with van der Waals surface area (Å²) in [5.74, 6) is -0.0492. The highest BCUT2D eigenvalue weighted by molar-refractivity contribution is 6.34. The minimum Gasteiger partial charge on any atom is -0.476 e. The van der Waals surface area contributed by atoms with Crippen LogP contribution in [-0.4, -0.2) is 146 Å². The van der Waals surface area contributed by atoms with Crippen LogP contribution in [0.4, 0.5) is 0 Å². The molecule has 8 atom stereocenters. The first-order chi connectivity index (χ1) is 46.8. The van der Waals surface area contributed by atoms with Gasteiger partial charge in [0.15, 0.2) is 0 Å². The Labute approximate surface area is 621 Å². The first kappa shape index (κ1) is 108. The van der Waals surface area contributed by atoms with E-state index < -0.39 is 26.2 Å². The normalized spacial score (nSPS) is 13.9. The molecule has 0 aliphatic rings. The molecule has 0 aromatic heterocycles. The summed E-state index contributed by atoms with van der Waals surface area (Å²) in [5, 5.41) is 10.4. The Bertz CT molecular complexity index is 2500. The summed E-state index contributed by atoms with van der Waals surface area (Å²) < 4.78 is 33.5. The molecule has 0 radical (unpaired) electrons. The maximum atomic E-state index is 11.8. The number of likely N-dealkylation sites (N-methyl/N-ethyl adjacent to an activating group) is 1. The number of alkyl halides is 2. The molecule has 0 saturated carbocycles. The molecular formula is C79H138Cl2N4O16. The Morgan fingerprint density at radius 3 is 0.950 bits per heavy atom. The summed E-state index contributed by atoms with van der Waals surface area (Å²) >= 11 is 11.5. The molecule has 3 aromatic carbocycles. The number of hydrogen-bond donors (Lipinski definition) is 4. The number of ether oxygens (including phenoxy) is 7. The van der Waals surface area contributed by atoms with E-state index in [4.69, 9.17) is 42.1 Å². The van der Waals surface area contributed by atoms with Crippen molar-refractivity contribution in [3.8, 4) is 5.75 Å². The zero-order valence-electron chi connectivity index (χ0n) is 68.3. The van der Waals surface area contributed by atoms with E-state index in [9.17, 15) is 43.2 Å².